The van der Waals surface area contributed by atoms with Gasteiger partial charge in [0.1, 0.15) is 0 Å². The van der Waals surface area contributed by atoms with E-state index in [0.717, 1.165) is 24.4 Å². The van der Waals surface area contributed by atoms with Crippen molar-refractivity contribution < 1.29 is 22.9 Å². The Labute approximate surface area is 173 Å². The smallest absolute Gasteiger partial charge is 0.278 e. The highest BCUT2D eigenvalue weighted by atomic mass is 32.2. The maximum Gasteiger partial charge on any atom is 0.278 e. The van der Waals surface area contributed by atoms with E-state index in [0.29, 0.717) is 31.6 Å². The number of amides is 2. The molecule has 2 aliphatic rings. The molecule has 0 aliphatic carbocycles. The minimum absolute atomic E-state index is 0.0271. The topological polar surface area (TPSA) is 79.2 Å². The number of carbonyl (C=O) groups excluding carboxylic acids is 2. The van der Waals surface area contributed by atoms with Gasteiger partial charge in [0.2, 0.25) is 0 Å². The zero-order chi connectivity index (χ0) is 21.0. The van der Waals surface area contributed by atoms with E-state index in [1.165, 1.54) is 0 Å². The third kappa shape index (κ3) is 5.36. The summed E-state index contributed by atoms with van der Waals surface area (Å²) in [6.45, 7) is 7.07. The van der Waals surface area contributed by atoms with E-state index in [9.17, 15) is 18.0 Å². The van der Waals surface area contributed by atoms with E-state index >= 15 is 0 Å². The first-order valence-electron chi connectivity index (χ1n) is 10.5. The quantitative estimate of drug-likeness (QED) is 0.691. The molecule has 2 fully saturated rings. The molecule has 0 bridgehead atoms. The highest BCUT2D eigenvalue weighted by molar-refractivity contribution is 7.91. The molecule has 160 valence electrons. The van der Waals surface area contributed by atoms with Crippen LogP contribution in [-0.2, 0) is 14.6 Å². The number of quaternary nitrogens is 1. The molecule has 1 aromatic carbocycles. The summed E-state index contributed by atoms with van der Waals surface area (Å²) in [6, 6.07) is 9.09. The van der Waals surface area contributed by atoms with E-state index < -0.39 is 9.84 Å². The Bertz CT molecular complexity index is 820. The highest BCUT2D eigenvalue weighted by Crippen LogP contribution is 2.21. The third-order valence-corrected chi connectivity index (χ3v) is 7.89. The molecule has 1 aromatic rings. The fourth-order valence-corrected chi connectivity index (χ4v) is 5.98. The largest absolute Gasteiger partial charge is 0.331 e. The first-order valence-corrected chi connectivity index (χ1v) is 12.3. The van der Waals surface area contributed by atoms with E-state index in [-0.39, 0.29) is 35.4 Å². The summed E-state index contributed by atoms with van der Waals surface area (Å²) in [4.78, 5) is 30.5. The lowest BCUT2D eigenvalue weighted by Gasteiger charge is -2.36. The summed E-state index contributed by atoms with van der Waals surface area (Å²) in [5.74, 6) is 0.315. The molecule has 2 aliphatic heterocycles. The van der Waals surface area contributed by atoms with Crippen LogP contribution in [0, 0.1) is 0 Å². The first kappa shape index (κ1) is 21.8. The van der Waals surface area contributed by atoms with Gasteiger partial charge in [-0.25, -0.2) is 8.42 Å². The van der Waals surface area contributed by atoms with Crippen LogP contribution >= 0.6 is 0 Å². The van der Waals surface area contributed by atoms with E-state index in [1.807, 2.05) is 54.0 Å². The number of piperazine rings is 1. The van der Waals surface area contributed by atoms with E-state index in [2.05, 4.69) is 0 Å². The maximum atomic E-state index is 13.1. The van der Waals surface area contributed by atoms with Crippen molar-refractivity contribution in [1.82, 2.24) is 9.80 Å². The molecule has 0 unspecified atom stereocenters. The van der Waals surface area contributed by atoms with Crippen molar-refractivity contribution in [3.05, 3.63) is 35.9 Å². The number of nitrogens with zero attached hydrogens (tertiary/aromatic N) is 2. The lowest BCUT2D eigenvalue weighted by atomic mass is 10.1. The van der Waals surface area contributed by atoms with Gasteiger partial charge in [-0.3, -0.25) is 9.59 Å². The second-order valence-electron chi connectivity index (χ2n) is 8.20. The second kappa shape index (κ2) is 9.26. The van der Waals surface area contributed by atoms with Crippen LogP contribution < -0.4 is 4.90 Å². The Hall–Kier alpha value is -1.93. The summed E-state index contributed by atoms with van der Waals surface area (Å²) in [5, 5.41) is 0. The highest BCUT2D eigenvalue weighted by Gasteiger charge is 2.38. The van der Waals surface area contributed by atoms with Gasteiger partial charge in [-0.2, -0.15) is 0 Å². The summed E-state index contributed by atoms with van der Waals surface area (Å²) in [7, 11) is -3.04. The normalized spacial score (nSPS) is 23.0. The fraction of sp³-hybridized carbons (Fsp3) is 0.619. The number of nitrogens with one attached hydrogen (secondary N) is 1. The monoisotopic (exact) mass is 422 g/mol. The van der Waals surface area contributed by atoms with Crippen LogP contribution in [0.4, 0.5) is 0 Å². The average molecular weight is 423 g/mol. The molecule has 8 heteroatoms. The summed E-state index contributed by atoms with van der Waals surface area (Å²) < 4.78 is 23.8. The molecule has 2 atom stereocenters. The maximum absolute atomic E-state index is 13.1. The SMILES string of the molecule is CC[C@@H](C)N(C(=O)C[NH+]1CCN(C(=O)c2ccccc2)CC1)[C@@H]1CCS(=O)(=O)C1. The summed E-state index contributed by atoms with van der Waals surface area (Å²) in [5.41, 5.74) is 0.692. The lowest BCUT2D eigenvalue weighted by molar-refractivity contribution is -0.896. The van der Waals surface area contributed by atoms with E-state index in [1.54, 1.807) is 0 Å². The van der Waals surface area contributed by atoms with Gasteiger partial charge in [-0.15, -0.1) is 0 Å². The predicted octanol–water partition coefficient (Wildman–Crippen LogP) is -0.158. The number of sulfone groups is 1. The third-order valence-electron chi connectivity index (χ3n) is 6.14. The molecule has 2 saturated heterocycles. The van der Waals surface area contributed by atoms with Gasteiger partial charge in [0.25, 0.3) is 11.8 Å². The van der Waals surface area contributed by atoms with Crippen LogP contribution in [0.25, 0.3) is 0 Å². The number of hydrogen-bond acceptors (Lipinski definition) is 4. The Morgan fingerprint density at radius 3 is 2.41 bits per heavy atom. The molecule has 3 rings (SSSR count). The van der Waals surface area contributed by atoms with Crippen molar-refractivity contribution >= 4 is 21.7 Å². The molecular weight excluding hydrogens is 390 g/mol. The van der Waals surface area contributed by atoms with Gasteiger partial charge in [0, 0.05) is 17.6 Å². The zero-order valence-electron chi connectivity index (χ0n) is 17.3. The van der Waals surface area contributed by atoms with Gasteiger partial charge in [0.15, 0.2) is 16.4 Å². The summed E-state index contributed by atoms with van der Waals surface area (Å²) in [6.07, 6.45) is 1.34. The molecular formula is C21H32N3O4S+. The zero-order valence-corrected chi connectivity index (χ0v) is 18.2. The van der Waals surface area contributed by atoms with Crippen LogP contribution in [0.5, 0.6) is 0 Å². The Morgan fingerprint density at radius 2 is 1.86 bits per heavy atom. The Kier molecular flexibility index (Phi) is 6.95. The van der Waals surface area contributed by atoms with Gasteiger partial charge in [-0.05, 0) is 31.9 Å². The van der Waals surface area contributed by atoms with Crippen LogP contribution in [0.2, 0.25) is 0 Å². The number of hydrogen-bond donors (Lipinski definition) is 1. The standard InChI is InChI=1S/C21H31N3O4S/c1-3-17(2)24(19-9-14-29(27,28)16-19)20(25)15-22-10-12-23(13-11-22)21(26)18-7-5-4-6-8-18/h4-8,17,19H,3,9-16H2,1-2H3/p+1/t17-,19-/m1/s1. The van der Waals surface area contributed by atoms with Crippen molar-refractivity contribution in [3.63, 3.8) is 0 Å². The lowest BCUT2D eigenvalue weighted by Crippen LogP contribution is -3.16. The molecule has 1 N–H and O–H groups in total. The molecule has 2 amide bonds. The number of benzene rings is 1. The van der Waals surface area contributed by atoms with Crippen molar-refractivity contribution in [2.45, 2.75) is 38.8 Å². The molecule has 0 saturated carbocycles. The number of rotatable bonds is 6. The molecule has 0 radical (unpaired) electrons. The molecule has 0 spiro atoms. The minimum atomic E-state index is -3.04. The van der Waals surface area contributed by atoms with Crippen molar-refractivity contribution in [1.29, 1.82) is 0 Å². The fourth-order valence-electron chi connectivity index (χ4n) is 4.27. The second-order valence-corrected chi connectivity index (χ2v) is 10.4. The molecule has 29 heavy (non-hydrogen) atoms. The van der Waals surface area contributed by atoms with Crippen molar-refractivity contribution in [2.75, 3.05) is 44.2 Å². The Balaban J connectivity index is 1.57. The van der Waals surface area contributed by atoms with Gasteiger partial charge >= 0.3 is 0 Å². The summed E-state index contributed by atoms with van der Waals surface area (Å²) >= 11 is 0. The predicted molar refractivity (Wildman–Crippen MR) is 112 cm³/mol. The first-order chi connectivity index (χ1) is 13.8. The molecule has 0 aromatic heterocycles. The minimum Gasteiger partial charge on any atom is -0.331 e. The molecule has 2 heterocycles. The number of carbonyl (C=O) groups is 2. The van der Waals surface area contributed by atoms with Crippen molar-refractivity contribution in [2.24, 2.45) is 0 Å². The van der Waals surface area contributed by atoms with Gasteiger partial charge in [-0.1, -0.05) is 25.1 Å². The van der Waals surface area contributed by atoms with Crippen LogP contribution in [-0.4, -0.2) is 86.3 Å². The van der Waals surface area contributed by atoms with Crippen LogP contribution in [0.3, 0.4) is 0 Å². The van der Waals surface area contributed by atoms with Crippen molar-refractivity contribution in [3.8, 4) is 0 Å². The van der Waals surface area contributed by atoms with Gasteiger partial charge in [0.05, 0.1) is 37.7 Å². The van der Waals surface area contributed by atoms with Crippen LogP contribution in [0.15, 0.2) is 30.3 Å². The molecule has 7 nitrogen and oxygen atoms in total. The Morgan fingerprint density at radius 1 is 1.21 bits per heavy atom. The average Bonchev–Trinajstić information content (AvgIpc) is 3.07. The van der Waals surface area contributed by atoms with Gasteiger partial charge < -0.3 is 14.7 Å². The van der Waals surface area contributed by atoms with E-state index in [4.69, 9.17) is 0 Å². The van der Waals surface area contributed by atoms with Crippen LogP contribution in [0.1, 0.15) is 37.0 Å².